The van der Waals surface area contributed by atoms with E-state index in [1.807, 2.05) is 6.07 Å². The highest BCUT2D eigenvalue weighted by Crippen LogP contribution is 2.32. The molecule has 0 aliphatic heterocycles. The lowest BCUT2D eigenvalue weighted by Gasteiger charge is -2.17. The highest BCUT2D eigenvalue weighted by Gasteiger charge is 2.13. The van der Waals surface area contributed by atoms with E-state index in [9.17, 15) is 9.18 Å². The number of hydrogen-bond donors (Lipinski definition) is 0. The van der Waals surface area contributed by atoms with Crippen molar-refractivity contribution in [2.45, 2.75) is 37.3 Å². The third-order valence-electron chi connectivity index (χ3n) is 2.08. The minimum Gasteiger partial charge on any atom is -0.463 e. The maximum absolute atomic E-state index is 13.8. The Kier molecular flexibility index (Phi) is 5.60. The first-order chi connectivity index (χ1) is 8.81. The van der Waals surface area contributed by atoms with Crippen LogP contribution in [0, 0.1) is 5.82 Å². The first kappa shape index (κ1) is 15.8. The van der Waals surface area contributed by atoms with Crippen LogP contribution in [0.5, 0.6) is 0 Å². The molecule has 0 aliphatic carbocycles. The second-order valence-electron chi connectivity index (χ2n) is 4.98. The first-order valence-electron chi connectivity index (χ1n) is 6.15. The van der Waals surface area contributed by atoms with Crippen LogP contribution in [0.3, 0.4) is 0 Å². The van der Waals surface area contributed by atoms with Gasteiger partial charge < -0.3 is 4.74 Å². The fourth-order valence-electron chi connectivity index (χ4n) is 1.41. The molecule has 0 fully saturated rings. The van der Waals surface area contributed by atoms with Gasteiger partial charge >= 0.3 is 5.97 Å². The van der Waals surface area contributed by atoms with Crippen molar-refractivity contribution >= 4 is 23.8 Å². The van der Waals surface area contributed by atoms with Gasteiger partial charge in [0.05, 0.1) is 6.61 Å². The number of carbonyl (C=O) groups excluding carboxylic acids is 1. The lowest BCUT2D eigenvalue weighted by atomic mass is 10.2. The maximum atomic E-state index is 13.8. The van der Waals surface area contributed by atoms with E-state index in [-0.39, 0.29) is 10.6 Å². The van der Waals surface area contributed by atoms with Gasteiger partial charge in [0, 0.05) is 21.3 Å². The van der Waals surface area contributed by atoms with E-state index < -0.39 is 5.97 Å². The standard InChI is InChI=1S/C15H19FO2S/c1-5-18-14(17)9-7-11-6-8-12(10-13(11)16)19-15(2,3)4/h6-10H,5H2,1-4H3/b9-7+. The fourth-order valence-corrected chi connectivity index (χ4v) is 2.41. The minimum absolute atomic E-state index is 0.0364. The molecule has 0 N–H and O–H groups in total. The average Bonchev–Trinajstić information content (AvgIpc) is 2.26. The Bertz CT molecular complexity index is 476. The summed E-state index contributed by atoms with van der Waals surface area (Å²) in [6.07, 6.45) is 2.66. The van der Waals surface area contributed by atoms with Crippen molar-refractivity contribution < 1.29 is 13.9 Å². The quantitative estimate of drug-likeness (QED) is 0.468. The second kappa shape index (κ2) is 6.75. The maximum Gasteiger partial charge on any atom is 0.330 e. The van der Waals surface area contributed by atoms with Crippen molar-refractivity contribution in [2.24, 2.45) is 0 Å². The minimum atomic E-state index is -0.463. The molecule has 0 spiro atoms. The average molecular weight is 282 g/mol. The zero-order valence-corrected chi connectivity index (χ0v) is 12.5. The molecule has 0 aromatic heterocycles. The highest BCUT2D eigenvalue weighted by atomic mass is 32.2. The van der Waals surface area contributed by atoms with Crippen LogP contribution in [-0.4, -0.2) is 17.3 Å². The summed E-state index contributed by atoms with van der Waals surface area (Å²) >= 11 is 1.60. The van der Waals surface area contributed by atoms with Crippen LogP contribution in [0.2, 0.25) is 0 Å². The lowest BCUT2D eigenvalue weighted by Crippen LogP contribution is -2.06. The lowest BCUT2D eigenvalue weighted by molar-refractivity contribution is -0.137. The van der Waals surface area contributed by atoms with Gasteiger partial charge in [0.2, 0.25) is 0 Å². The van der Waals surface area contributed by atoms with E-state index in [2.05, 4.69) is 20.8 Å². The predicted octanol–water partition coefficient (Wildman–Crippen LogP) is 4.29. The number of hydrogen-bond acceptors (Lipinski definition) is 3. The zero-order valence-electron chi connectivity index (χ0n) is 11.7. The van der Waals surface area contributed by atoms with Crippen LogP contribution in [0.25, 0.3) is 6.08 Å². The molecule has 1 rings (SSSR count). The predicted molar refractivity (Wildman–Crippen MR) is 77.7 cm³/mol. The van der Waals surface area contributed by atoms with Crippen molar-refractivity contribution in [3.63, 3.8) is 0 Å². The van der Waals surface area contributed by atoms with Gasteiger partial charge in [-0.15, -0.1) is 11.8 Å². The molecule has 0 radical (unpaired) electrons. The topological polar surface area (TPSA) is 26.3 Å². The SMILES string of the molecule is CCOC(=O)/C=C/c1ccc(SC(C)(C)C)cc1F. The number of thioether (sulfide) groups is 1. The van der Waals surface area contributed by atoms with Crippen LogP contribution >= 0.6 is 11.8 Å². The molecule has 0 atom stereocenters. The molecule has 0 heterocycles. The van der Waals surface area contributed by atoms with Crippen molar-refractivity contribution in [1.82, 2.24) is 0 Å². The van der Waals surface area contributed by atoms with Crippen molar-refractivity contribution in [3.8, 4) is 0 Å². The van der Waals surface area contributed by atoms with Crippen molar-refractivity contribution in [2.75, 3.05) is 6.61 Å². The number of carbonyl (C=O) groups is 1. The van der Waals surface area contributed by atoms with Gasteiger partial charge in [-0.05, 0) is 25.1 Å². The van der Waals surface area contributed by atoms with E-state index in [4.69, 9.17) is 4.74 Å². The van der Waals surface area contributed by atoms with Crippen molar-refractivity contribution in [3.05, 3.63) is 35.7 Å². The molecule has 2 nitrogen and oxygen atoms in total. The van der Waals surface area contributed by atoms with Gasteiger partial charge in [-0.2, -0.15) is 0 Å². The van der Waals surface area contributed by atoms with E-state index in [1.54, 1.807) is 24.8 Å². The molecule has 19 heavy (non-hydrogen) atoms. The summed E-state index contributed by atoms with van der Waals surface area (Å²) in [7, 11) is 0. The molecule has 104 valence electrons. The fraction of sp³-hybridized carbons (Fsp3) is 0.400. The number of rotatable bonds is 4. The largest absolute Gasteiger partial charge is 0.463 e. The smallest absolute Gasteiger partial charge is 0.330 e. The number of esters is 1. The molecular weight excluding hydrogens is 263 g/mol. The van der Waals surface area contributed by atoms with Crippen LogP contribution in [0.4, 0.5) is 4.39 Å². The van der Waals surface area contributed by atoms with Crippen molar-refractivity contribution in [1.29, 1.82) is 0 Å². The Labute approximate surface area is 118 Å². The molecule has 1 aromatic carbocycles. The van der Waals surface area contributed by atoms with Gasteiger partial charge in [0.25, 0.3) is 0 Å². The van der Waals surface area contributed by atoms with Crippen LogP contribution in [0.15, 0.2) is 29.2 Å². The molecule has 0 unspecified atom stereocenters. The Morgan fingerprint density at radius 3 is 2.63 bits per heavy atom. The van der Waals surface area contributed by atoms with E-state index in [1.165, 1.54) is 18.2 Å². The van der Waals surface area contributed by atoms with Crippen LogP contribution in [0.1, 0.15) is 33.3 Å². The monoisotopic (exact) mass is 282 g/mol. The summed E-state index contributed by atoms with van der Waals surface area (Å²) in [4.78, 5) is 12.0. The van der Waals surface area contributed by atoms with Gasteiger partial charge in [-0.3, -0.25) is 0 Å². The summed E-state index contributed by atoms with van der Waals surface area (Å²) in [5, 5.41) is 0. The van der Waals surface area contributed by atoms with Gasteiger partial charge in [-0.1, -0.05) is 26.8 Å². The Balaban J connectivity index is 2.80. The molecular formula is C15H19FO2S. The summed E-state index contributed by atoms with van der Waals surface area (Å²) in [5.41, 5.74) is 0.381. The van der Waals surface area contributed by atoms with Gasteiger partial charge in [-0.25, -0.2) is 9.18 Å². The second-order valence-corrected chi connectivity index (χ2v) is 6.88. The first-order valence-corrected chi connectivity index (χ1v) is 6.97. The zero-order chi connectivity index (χ0) is 14.5. The summed E-state index contributed by atoms with van der Waals surface area (Å²) in [6, 6.07) is 5.00. The Morgan fingerprint density at radius 1 is 1.42 bits per heavy atom. The van der Waals surface area contributed by atoms with E-state index in [0.29, 0.717) is 12.2 Å². The molecule has 0 aliphatic rings. The Hall–Kier alpha value is -1.29. The number of ether oxygens (including phenoxy) is 1. The highest BCUT2D eigenvalue weighted by molar-refractivity contribution is 8.00. The summed E-state index contributed by atoms with van der Waals surface area (Å²) < 4.78 is 18.6. The molecule has 0 amide bonds. The van der Waals surface area contributed by atoms with Crippen LogP contribution < -0.4 is 0 Å². The third kappa shape index (κ3) is 5.92. The Morgan fingerprint density at radius 2 is 2.11 bits per heavy atom. The molecule has 1 aromatic rings. The molecule has 0 saturated carbocycles. The molecule has 0 saturated heterocycles. The number of halogens is 1. The normalized spacial score (nSPS) is 11.8. The molecule has 0 bridgehead atoms. The van der Waals surface area contributed by atoms with Gasteiger partial charge in [0.1, 0.15) is 5.82 Å². The van der Waals surface area contributed by atoms with Crippen LogP contribution in [-0.2, 0) is 9.53 Å². The molecule has 4 heteroatoms. The summed E-state index contributed by atoms with van der Waals surface area (Å²) in [5.74, 6) is -0.801. The van der Waals surface area contributed by atoms with E-state index in [0.717, 1.165) is 4.90 Å². The number of benzene rings is 1. The van der Waals surface area contributed by atoms with E-state index >= 15 is 0 Å². The van der Waals surface area contributed by atoms with Gasteiger partial charge in [0.15, 0.2) is 0 Å². The summed E-state index contributed by atoms with van der Waals surface area (Å²) in [6.45, 7) is 8.26. The third-order valence-corrected chi connectivity index (χ3v) is 3.18.